The van der Waals surface area contributed by atoms with Crippen molar-refractivity contribution >= 4 is 27.5 Å². The average Bonchev–Trinajstić information content (AvgIpc) is 2.78. The van der Waals surface area contributed by atoms with Crippen LogP contribution in [0.1, 0.15) is 25.1 Å². The molecule has 0 aliphatic heterocycles. The van der Waals surface area contributed by atoms with Crippen LogP contribution in [0.4, 0.5) is 0 Å². The van der Waals surface area contributed by atoms with Crippen LogP contribution in [0.2, 0.25) is 5.02 Å². The number of aromatic nitrogens is 3. The van der Waals surface area contributed by atoms with Crippen molar-refractivity contribution in [3.05, 3.63) is 45.1 Å². The van der Waals surface area contributed by atoms with Gasteiger partial charge in [-0.2, -0.15) is 0 Å². The van der Waals surface area contributed by atoms with Crippen LogP contribution in [-0.4, -0.2) is 21.0 Å². The van der Waals surface area contributed by atoms with Crippen LogP contribution < -0.4 is 5.32 Å². The largest absolute Gasteiger partial charge is 0.309 e. The van der Waals surface area contributed by atoms with Crippen LogP contribution in [0.25, 0.3) is 0 Å². The van der Waals surface area contributed by atoms with Gasteiger partial charge in [0.25, 0.3) is 0 Å². The van der Waals surface area contributed by atoms with Gasteiger partial charge in [0, 0.05) is 22.1 Å². The van der Waals surface area contributed by atoms with E-state index in [1.165, 1.54) is 0 Å². The van der Waals surface area contributed by atoms with Gasteiger partial charge in [0.1, 0.15) is 0 Å². The standard InChI is InChI=1S/C13H16BrClN4/c1-9(2)16-6-12-8-19(18-17-12)7-10-3-4-11(14)5-13(10)15/h3-5,8-9,16H,6-7H2,1-2H3. The summed E-state index contributed by atoms with van der Waals surface area (Å²) < 4.78 is 2.77. The molecule has 0 saturated heterocycles. The SMILES string of the molecule is CC(C)NCc1cn(Cc2ccc(Br)cc2Cl)nn1. The molecule has 0 amide bonds. The minimum absolute atomic E-state index is 0.436. The number of benzene rings is 1. The van der Waals surface area contributed by atoms with E-state index in [4.69, 9.17) is 11.6 Å². The maximum absolute atomic E-state index is 6.19. The Kier molecular flexibility index (Phi) is 4.96. The number of rotatable bonds is 5. The molecular formula is C13H16BrClN4. The first-order chi connectivity index (χ1) is 9.04. The van der Waals surface area contributed by atoms with Crippen LogP contribution in [0.3, 0.4) is 0 Å². The first kappa shape index (κ1) is 14.5. The van der Waals surface area contributed by atoms with E-state index in [0.717, 1.165) is 27.3 Å². The van der Waals surface area contributed by atoms with Crippen LogP contribution in [-0.2, 0) is 13.1 Å². The third-order valence-electron chi connectivity index (χ3n) is 2.62. The molecule has 0 aliphatic rings. The van der Waals surface area contributed by atoms with Crippen molar-refractivity contribution in [2.75, 3.05) is 0 Å². The summed E-state index contributed by atoms with van der Waals surface area (Å²) in [5, 5.41) is 12.3. The van der Waals surface area contributed by atoms with Crippen LogP contribution >= 0.6 is 27.5 Å². The van der Waals surface area contributed by atoms with Crippen molar-refractivity contribution in [3.63, 3.8) is 0 Å². The number of halogens is 2. The molecule has 2 aromatic rings. The molecule has 0 unspecified atom stereocenters. The van der Waals surface area contributed by atoms with Gasteiger partial charge in [0.2, 0.25) is 0 Å². The van der Waals surface area contributed by atoms with E-state index in [2.05, 4.69) is 45.4 Å². The Morgan fingerprint density at radius 1 is 1.42 bits per heavy atom. The average molecular weight is 344 g/mol. The highest BCUT2D eigenvalue weighted by Gasteiger charge is 2.05. The Bertz CT molecular complexity index is 553. The molecule has 2 rings (SSSR count). The zero-order chi connectivity index (χ0) is 13.8. The third kappa shape index (κ3) is 4.30. The monoisotopic (exact) mass is 342 g/mol. The molecule has 0 aliphatic carbocycles. The molecule has 0 radical (unpaired) electrons. The minimum atomic E-state index is 0.436. The number of hydrogen-bond acceptors (Lipinski definition) is 3. The van der Waals surface area contributed by atoms with Crippen molar-refractivity contribution in [1.82, 2.24) is 20.3 Å². The van der Waals surface area contributed by atoms with E-state index < -0.39 is 0 Å². The maximum atomic E-state index is 6.19. The molecule has 0 spiro atoms. The molecule has 4 nitrogen and oxygen atoms in total. The topological polar surface area (TPSA) is 42.7 Å². The highest BCUT2D eigenvalue weighted by molar-refractivity contribution is 9.10. The van der Waals surface area contributed by atoms with Gasteiger partial charge in [0.15, 0.2) is 0 Å². The van der Waals surface area contributed by atoms with Gasteiger partial charge >= 0.3 is 0 Å². The Balaban J connectivity index is 2.03. The molecule has 0 saturated carbocycles. The zero-order valence-electron chi connectivity index (χ0n) is 10.9. The second kappa shape index (κ2) is 6.50. The van der Waals surface area contributed by atoms with Gasteiger partial charge < -0.3 is 5.32 Å². The van der Waals surface area contributed by atoms with Crippen molar-refractivity contribution in [2.45, 2.75) is 33.0 Å². The molecular weight excluding hydrogens is 328 g/mol. The van der Waals surface area contributed by atoms with Crippen molar-refractivity contribution < 1.29 is 0 Å². The highest BCUT2D eigenvalue weighted by atomic mass is 79.9. The molecule has 0 fully saturated rings. The van der Waals surface area contributed by atoms with E-state index >= 15 is 0 Å². The van der Waals surface area contributed by atoms with Gasteiger partial charge in [0.05, 0.1) is 18.4 Å². The van der Waals surface area contributed by atoms with Gasteiger partial charge in [-0.15, -0.1) is 5.10 Å². The molecule has 1 aromatic heterocycles. The Labute approximate surface area is 126 Å². The zero-order valence-corrected chi connectivity index (χ0v) is 13.2. The summed E-state index contributed by atoms with van der Waals surface area (Å²) in [5.74, 6) is 0. The summed E-state index contributed by atoms with van der Waals surface area (Å²) >= 11 is 9.58. The quantitative estimate of drug-likeness (QED) is 0.906. The molecule has 19 heavy (non-hydrogen) atoms. The van der Waals surface area contributed by atoms with Crippen molar-refractivity contribution in [2.24, 2.45) is 0 Å². The predicted molar refractivity (Wildman–Crippen MR) is 80.3 cm³/mol. The maximum Gasteiger partial charge on any atom is 0.0965 e. The summed E-state index contributed by atoms with van der Waals surface area (Å²) in [6, 6.07) is 6.28. The molecule has 1 heterocycles. The van der Waals surface area contributed by atoms with Gasteiger partial charge in [-0.25, -0.2) is 4.68 Å². The van der Waals surface area contributed by atoms with Gasteiger partial charge in [-0.3, -0.25) is 0 Å². The summed E-state index contributed by atoms with van der Waals surface area (Å²) in [5.41, 5.74) is 1.96. The normalized spacial score (nSPS) is 11.2. The fraction of sp³-hybridized carbons (Fsp3) is 0.385. The molecule has 1 aromatic carbocycles. The van der Waals surface area contributed by atoms with E-state index in [0.29, 0.717) is 12.6 Å². The van der Waals surface area contributed by atoms with E-state index in [1.54, 1.807) is 4.68 Å². The molecule has 0 atom stereocenters. The highest BCUT2D eigenvalue weighted by Crippen LogP contribution is 2.21. The smallest absolute Gasteiger partial charge is 0.0965 e. The Morgan fingerprint density at radius 2 is 2.21 bits per heavy atom. The van der Waals surface area contributed by atoms with Crippen LogP contribution in [0, 0.1) is 0 Å². The summed E-state index contributed by atoms with van der Waals surface area (Å²) in [7, 11) is 0. The predicted octanol–water partition coefficient (Wildman–Crippen LogP) is 3.24. The Morgan fingerprint density at radius 3 is 2.89 bits per heavy atom. The van der Waals surface area contributed by atoms with E-state index in [1.807, 2.05) is 24.4 Å². The number of hydrogen-bond donors (Lipinski definition) is 1. The molecule has 102 valence electrons. The minimum Gasteiger partial charge on any atom is -0.309 e. The van der Waals surface area contributed by atoms with Gasteiger partial charge in [-0.05, 0) is 17.7 Å². The third-order valence-corrected chi connectivity index (χ3v) is 3.47. The van der Waals surface area contributed by atoms with Crippen molar-refractivity contribution in [1.29, 1.82) is 0 Å². The second-order valence-electron chi connectivity index (χ2n) is 4.68. The summed E-state index contributed by atoms with van der Waals surface area (Å²) in [6.45, 7) is 5.56. The first-order valence-electron chi connectivity index (χ1n) is 6.11. The second-order valence-corrected chi connectivity index (χ2v) is 6.00. The lowest BCUT2D eigenvalue weighted by atomic mass is 10.2. The lowest BCUT2D eigenvalue weighted by Gasteiger charge is -2.05. The van der Waals surface area contributed by atoms with E-state index in [-0.39, 0.29) is 0 Å². The lowest BCUT2D eigenvalue weighted by molar-refractivity contribution is 0.580. The molecule has 0 bridgehead atoms. The fourth-order valence-electron chi connectivity index (χ4n) is 1.63. The Hall–Kier alpha value is -0.910. The molecule has 6 heteroatoms. The van der Waals surface area contributed by atoms with Crippen molar-refractivity contribution in [3.8, 4) is 0 Å². The van der Waals surface area contributed by atoms with Crippen LogP contribution in [0.5, 0.6) is 0 Å². The molecule has 1 N–H and O–H groups in total. The van der Waals surface area contributed by atoms with Crippen LogP contribution in [0.15, 0.2) is 28.9 Å². The number of nitrogens with zero attached hydrogens (tertiary/aromatic N) is 3. The summed E-state index contributed by atoms with van der Waals surface area (Å²) in [6.07, 6.45) is 1.94. The lowest BCUT2D eigenvalue weighted by Crippen LogP contribution is -2.21. The van der Waals surface area contributed by atoms with E-state index in [9.17, 15) is 0 Å². The fourth-order valence-corrected chi connectivity index (χ4v) is 2.36. The number of nitrogens with one attached hydrogen (secondary N) is 1. The summed E-state index contributed by atoms with van der Waals surface area (Å²) in [4.78, 5) is 0. The van der Waals surface area contributed by atoms with Gasteiger partial charge in [-0.1, -0.05) is 52.7 Å². The first-order valence-corrected chi connectivity index (χ1v) is 7.28.